The number of hydrogen-bond donors (Lipinski definition) is 1. The Bertz CT molecular complexity index is 738. The summed E-state index contributed by atoms with van der Waals surface area (Å²) in [4.78, 5) is 2.84. The number of rotatable bonds is 4. The van der Waals surface area contributed by atoms with Gasteiger partial charge in [0.25, 0.3) is 0 Å². The van der Waals surface area contributed by atoms with Gasteiger partial charge in [-0.15, -0.1) is 11.3 Å². The molecule has 1 atom stereocenters. The van der Waals surface area contributed by atoms with Crippen LogP contribution in [0.3, 0.4) is 0 Å². The number of thiophene rings is 1. The number of hydrogen-bond acceptors (Lipinski definition) is 2. The van der Waals surface area contributed by atoms with Crippen LogP contribution in [0, 0.1) is 13.8 Å². The molecule has 1 N–H and O–H groups in total. The van der Waals surface area contributed by atoms with Crippen LogP contribution in [0.15, 0.2) is 48.5 Å². The first-order valence-electron chi connectivity index (χ1n) is 7.41. The van der Waals surface area contributed by atoms with Crippen molar-refractivity contribution in [1.82, 2.24) is 5.32 Å². The molecule has 3 aromatic rings. The lowest BCUT2D eigenvalue weighted by Crippen LogP contribution is -2.17. The molecule has 0 spiro atoms. The molecule has 3 rings (SSSR count). The summed E-state index contributed by atoms with van der Waals surface area (Å²) in [6.07, 6.45) is 0. The molecule has 0 fully saturated rings. The van der Waals surface area contributed by atoms with Gasteiger partial charge in [0.1, 0.15) is 0 Å². The van der Waals surface area contributed by atoms with E-state index in [1.54, 1.807) is 0 Å². The molecule has 0 saturated heterocycles. The van der Waals surface area contributed by atoms with Crippen LogP contribution in [0.25, 0.3) is 10.8 Å². The molecule has 2 aromatic carbocycles. The van der Waals surface area contributed by atoms with Crippen LogP contribution in [0.4, 0.5) is 0 Å². The van der Waals surface area contributed by atoms with Crippen LogP contribution in [0.1, 0.15) is 33.8 Å². The van der Waals surface area contributed by atoms with Crippen LogP contribution in [-0.4, -0.2) is 0 Å². The SMILES string of the molecule is Cc1cc(CNC(C)c2ccc3ccccc3c2)sc1C. The molecule has 21 heavy (non-hydrogen) atoms. The highest BCUT2D eigenvalue weighted by atomic mass is 32.1. The normalized spacial score (nSPS) is 12.7. The quantitative estimate of drug-likeness (QED) is 0.682. The second-order valence-corrected chi connectivity index (χ2v) is 7.00. The summed E-state index contributed by atoms with van der Waals surface area (Å²) >= 11 is 1.89. The molecule has 0 aliphatic carbocycles. The summed E-state index contributed by atoms with van der Waals surface area (Å²) < 4.78 is 0. The zero-order chi connectivity index (χ0) is 14.8. The molecular weight excluding hydrogens is 274 g/mol. The lowest BCUT2D eigenvalue weighted by molar-refractivity contribution is 0.579. The van der Waals surface area contributed by atoms with E-state index in [1.807, 2.05) is 11.3 Å². The molecule has 2 heteroatoms. The smallest absolute Gasteiger partial charge is 0.0305 e. The number of aryl methyl sites for hydroxylation is 2. The molecule has 1 heterocycles. The zero-order valence-corrected chi connectivity index (χ0v) is 13.6. The van der Waals surface area contributed by atoms with Crippen LogP contribution in [-0.2, 0) is 6.54 Å². The van der Waals surface area contributed by atoms with Crippen molar-refractivity contribution < 1.29 is 0 Å². The molecule has 1 aromatic heterocycles. The fourth-order valence-electron chi connectivity index (χ4n) is 2.59. The monoisotopic (exact) mass is 295 g/mol. The fraction of sp³-hybridized carbons (Fsp3) is 0.263. The van der Waals surface area contributed by atoms with E-state index in [4.69, 9.17) is 0 Å². The van der Waals surface area contributed by atoms with Gasteiger partial charge in [-0.2, -0.15) is 0 Å². The summed E-state index contributed by atoms with van der Waals surface area (Å²) in [7, 11) is 0. The Kier molecular flexibility index (Phi) is 4.09. The maximum Gasteiger partial charge on any atom is 0.0305 e. The van der Waals surface area contributed by atoms with Crippen molar-refractivity contribution in [3.8, 4) is 0 Å². The van der Waals surface area contributed by atoms with Crippen LogP contribution < -0.4 is 5.32 Å². The Morgan fingerprint density at radius 1 is 1.00 bits per heavy atom. The molecule has 0 aliphatic heterocycles. The van der Waals surface area contributed by atoms with E-state index in [-0.39, 0.29) is 0 Å². The molecule has 1 unspecified atom stereocenters. The van der Waals surface area contributed by atoms with Gasteiger partial charge >= 0.3 is 0 Å². The van der Waals surface area contributed by atoms with Gasteiger partial charge < -0.3 is 5.32 Å². The molecule has 0 saturated carbocycles. The highest BCUT2D eigenvalue weighted by Gasteiger charge is 2.07. The third kappa shape index (κ3) is 3.17. The summed E-state index contributed by atoms with van der Waals surface area (Å²) in [5, 5.41) is 6.25. The predicted molar refractivity (Wildman–Crippen MR) is 93.0 cm³/mol. The molecular formula is C19H21NS. The third-order valence-electron chi connectivity index (χ3n) is 4.07. The van der Waals surface area contributed by atoms with Gasteiger partial charge in [0.2, 0.25) is 0 Å². The first kappa shape index (κ1) is 14.3. The summed E-state index contributed by atoms with van der Waals surface area (Å²) in [5.41, 5.74) is 2.74. The van der Waals surface area contributed by atoms with Crippen molar-refractivity contribution >= 4 is 22.1 Å². The maximum absolute atomic E-state index is 3.63. The largest absolute Gasteiger partial charge is 0.305 e. The van der Waals surface area contributed by atoms with Gasteiger partial charge in [0.05, 0.1) is 0 Å². The first-order valence-corrected chi connectivity index (χ1v) is 8.23. The number of benzene rings is 2. The second-order valence-electron chi connectivity index (χ2n) is 5.66. The van der Waals surface area contributed by atoms with Crippen molar-refractivity contribution in [3.05, 3.63) is 69.4 Å². The van der Waals surface area contributed by atoms with E-state index in [9.17, 15) is 0 Å². The third-order valence-corrected chi connectivity index (χ3v) is 5.23. The standard InChI is InChI=1S/C19H21NS/c1-13-10-19(21-15(13)3)12-20-14(2)17-9-8-16-6-4-5-7-18(16)11-17/h4-11,14,20H,12H2,1-3H3. The highest BCUT2D eigenvalue weighted by Crippen LogP contribution is 2.23. The Labute approximate surface area is 130 Å². The van der Waals surface area contributed by atoms with E-state index in [0.29, 0.717) is 6.04 Å². The van der Waals surface area contributed by atoms with E-state index >= 15 is 0 Å². The molecule has 0 radical (unpaired) electrons. The van der Waals surface area contributed by atoms with E-state index in [2.05, 4.69) is 74.6 Å². The van der Waals surface area contributed by atoms with Gasteiger partial charge in [0.15, 0.2) is 0 Å². The molecule has 1 nitrogen and oxygen atoms in total. The van der Waals surface area contributed by atoms with Crippen LogP contribution >= 0.6 is 11.3 Å². The van der Waals surface area contributed by atoms with Gasteiger partial charge in [-0.3, -0.25) is 0 Å². The Balaban J connectivity index is 1.72. The molecule has 0 bridgehead atoms. The Morgan fingerprint density at radius 2 is 1.76 bits per heavy atom. The van der Waals surface area contributed by atoms with Gasteiger partial charge in [-0.05, 0) is 54.8 Å². The molecule has 0 aliphatic rings. The van der Waals surface area contributed by atoms with E-state index in [0.717, 1.165) is 6.54 Å². The predicted octanol–water partition coefficient (Wildman–Crippen LogP) is 5.37. The highest BCUT2D eigenvalue weighted by molar-refractivity contribution is 7.12. The van der Waals surface area contributed by atoms with Crippen molar-refractivity contribution in [2.75, 3.05) is 0 Å². The van der Waals surface area contributed by atoms with Crippen molar-refractivity contribution in [3.63, 3.8) is 0 Å². The van der Waals surface area contributed by atoms with Crippen molar-refractivity contribution in [2.45, 2.75) is 33.4 Å². The average molecular weight is 295 g/mol. The summed E-state index contributed by atoms with van der Waals surface area (Å²) in [5.74, 6) is 0. The minimum Gasteiger partial charge on any atom is -0.305 e. The van der Waals surface area contributed by atoms with Crippen LogP contribution in [0.5, 0.6) is 0 Å². The molecule has 0 amide bonds. The minimum atomic E-state index is 0.359. The molecule has 108 valence electrons. The second kappa shape index (κ2) is 6.00. The summed E-state index contributed by atoms with van der Waals surface area (Å²) in [6, 6.07) is 17.9. The van der Waals surface area contributed by atoms with Crippen molar-refractivity contribution in [2.24, 2.45) is 0 Å². The maximum atomic E-state index is 3.63. The van der Waals surface area contributed by atoms with E-state index in [1.165, 1.54) is 31.7 Å². The Hall–Kier alpha value is -1.64. The van der Waals surface area contributed by atoms with Gasteiger partial charge in [0, 0.05) is 22.3 Å². The Morgan fingerprint density at radius 3 is 2.48 bits per heavy atom. The number of fused-ring (bicyclic) bond motifs is 1. The lowest BCUT2D eigenvalue weighted by atomic mass is 10.0. The zero-order valence-electron chi connectivity index (χ0n) is 12.8. The van der Waals surface area contributed by atoms with E-state index < -0.39 is 0 Å². The van der Waals surface area contributed by atoms with Crippen molar-refractivity contribution in [1.29, 1.82) is 0 Å². The number of nitrogens with one attached hydrogen (secondary N) is 1. The van der Waals surface area contributed by atoms with Crippen LogP contribution in [0.2, 0.25) is 0 Å². The fourth-order valence-corrected chi connectivity index (χ4v) is 3.59. The average Bonchev–Trinajstić information content (AvgIpc) is 2.83. The van der Waals surface area contributed by atoms with Gasteiger partial charge in [-0.25, -0.2) is 0 Å². The minimum absolute atomic E-state index is 0.359. The lowest BCUT2D eigenvalue weighted by Gasteiger charge is -2.14. The first-order chi connectivity index (χ1) is 10.1. The summed E-state index contributed by atoms with van der Waals surface area (Å²) in [6.45, 7) is 7.54. The van der Waals surface area contributed by atoms with Gasteiger partial charge in [-0.1, -0.05) is 36.4 Å². The topological polar surface area (TPSA) is 12.0 Å².